The lowest BCUT2D eigenvalue weighted by Crippen LogP contribution is -2.29. The largest absolute Gasteiger partial charge is 0.478 e. The second-order valence-electron chi connectivity index (χ2n) is 20.0. The summed E-state index contributed by atoms with van der Waals surface area (Å²) in [5, 5.41) is 17.8. The number of fused-ring (bicyclic) bond motifs is 8. The Hall–Kier alpha value is -7.67. The zero-order valence-electron chi connectivity index (χ0n) is 42.7. The number of nitrogens with zero attached hydrogens (tertiary/aromatic N) is 3. The van der Waals surface area contributed by atoms with Gasteiger partial charge in [0.1, 0.15) is 29.1 Å². The van der Waals surface area contributed by atoms with Gasteiger partial charge in [0.15, 0.2) is 16.9 Å². The number of ketones is 1. The second kappa shape index (κ2) is 23.5. The number of allylic oxidation sites excluding steroid dienone is 6. The predicted octanol–water partition coefficient (Wildman–Crippen LogP) is 16.0. The minimum absolute atomic E-state index is 0. The number of aliphatic imine (C=N–C) groups is 1. The van der Waals surface area contributed by atoms with E-state index in [1.54, 1.807) is 39.8 Å². The number of rotatable bonds is 15. The first kappa shape index (κ1) is 56.5. The summed E-state index contributed by atoms with van der Waals surface area (Å²) in [6, 6.07) is 41.0. The highest BCUT2D eigenvalue weighted by atomic mass is 33.2. The smallest absolute Gasteiger partial charge is 0.336 e. The Morgan fingerprint density at radius 1 is 0.821 bits per heavy atom. The fraction of sp³-hybridized carbons (Fsp3) is 0.231. The number of carbonyl (C=O) groups excluding carboxylic acids is 2. The molecule has 78 heavy (non-hydrogen) atoms. The normalized spacial score (nSPS) is 15.4. The minimum atomic E-state index is -1.09. The number of carbonyl (C=O) groups is 3. The van der Waals surface area contributed by atoms with E-state index in [4.69, 9.17) is 9.15 Å². The summed E-state index contributed by atoms with van der Waals surface area (Å²) < 4.78 is 13.7. The molecule has 1 saturated heterocycles. The molecule has 6 aromatic rings. The van der Waals surface area contributed by atoms with Crippen LogP contribution < -0.4 is 10.3 Å². The van der Waals surface area contributed by atoms with Gasteiger partial charge in [0, 0.05) is 69.9 Å². The second-order valence-corrected chi connectivity index (χ2v) is 23.0. The van der Waals surface area contributed by atoms with E-state index in [0.29, 0.717) is 65.5 Å². The molecule has 5 aliphatic rings. The Kier molecular flexibility index (Phi) is 17.0. The van der Waals surface area contributed by atoms with Crippen LogP contribution in [0.3, 0.4) is 0 Å². The molecule has 0 spiro atoms. The van der Waals surface area contributed by atoms with Crippen molar-refractivity contribution >= 4 is 112 Å². The predicted molar refractivity (Wildman–Crippen MR) is 327 cm³/mol. The summed E-state index contributed by atoms with van der Waals surface area (Å²) in [6.45, 7) is 13.3. The Labute approximate surface area is 468 Å². The van der Waals surface area contributed by atoms with Gasteiger partial charge in [0.25, 0.3) is 6.47 Å². The molecule has 4 heterocycles. The van der Waals surface area contributed by atoms with Gasteiger partial charge in [0.05, 0.1) is 28.4 Å². The molecule has 1 fully saturated rings. The topological polar surface area (TPSA) is 129 Å². The molecule has 4 aliphatic heterocycles. The lowest BCUT2D eigenvalue weighted by Gasteiger charge is -2.26. The van der Waals surface area contributed by atoms with Crippen LogP contribution >= 0.6 is 33.8 Å². The van der Waals surface area contributed by atoms with E-state index in [-0.39, 0.29) is 41.3 Å². The first-order chi connectivity index (χ1) is 36.7. The number of Topliss-reactive ketones (excluding diaryl/α,β-unsaturated/α-hetero) is 1. The number of aromatic carboxylic acids is 1. The minimum Gasteiger partial charge on any atom is -0.478 e. The Morgan fingerprint density at radius 3 is 2.23 bits per heavy atom. The molecule has 396 valence electrons. The van der Waals surface area contributed by atoms with Crippen molar-refractivity contribution in [3.8, 4) is 22.5 Å². The number of anilines is 1. The first-order valence-electron chi connectivity index (χ1n) is 25.1. The maximum absolute atomic E-state index is 12.5. The average Bonchev–Trinajstić information content (AvgIpc) is 4.26. The number of carboxylic acids is 1. The SMILES string of the molecule is C.C.CC1(C)C(/C=C/C=C/C=C2\N(CCOC=O)c3ccc4ccccc4c3C2(C)C)=[N+](CCCC(=O)C2SS2)c2ccc3ccccc3c21.Cc1ccc2c(-c3ccc(N=C=S)cc3C(=O)O)c3ccc(=O)cc-3oc2c1. The van der Waals surface area contributed by atoms with Crippen molar-refractivity contribution in [3.05, 3.63) is 196 Å². The molecule has 0 amide bonds. The highest BCUT2D eigenvalue weighted by molar-refractivity contribution is 8.93. The van der Waals surface area contributed by atoms with Gasteiger partial charge < -0.3 is 19.2 Å². The zero-order valence-corrected chi connectivity index (χ0v) is 45.1. The lowest BCUT2D eigenvalue weighted by atomic mass is 9.79. The van der Waals surface area contributed by atoms with Gasteiger partial charge in [0.2, 0.25) is 5.69 Å². The van der Waals surface area contributed by atoms with Crippen LogP contribution in [0.1, 0.15) is 82.4 Å². The van der Waals surface area contributed by atoms with Crippen molar-refractivity contribution in [2.45, 2.75) is 77.7 Å². The van der Waals surface area contributed by atoms with Gasteiger partial charge in [-0.3, -0.25) is 14.4 Å². The summed E-state index contributed by atoms with van der Waals surface area (Å²) in [6.07, 6.45) is 12.2. The molecule has 0 saturated carbocycles. The molecular formula is C65H62N3O7S3+. The standard InChI is InChI=1S/C41H41N2O3S2.C22H13NO4S.2CH4/c1-40(2)35(42(24-12-17-34(45)39-47-48-39)32-22-20-28-13-8-10-15-30(28)37(32)40)18-6-5-7-19-36-41(3,4)38-31-16-11-9-14-29(31)21-23-33(38)43(36)25-26-46-27-44;1-12-2-5-16-19(8-12)27-20-10-14(24)4-7-17(20)21(16)15-6-3-13(23-11-28)9-18(15)22(25)26;;/h5-11,13-16,18-23,27,39H,12,17,24-26H2,1-4H3;2-10H,1H3,(H,25,26);2*1H4/q+1;;;. The van der Waals surface area contributed by atoms with Crippen molar-refractivity contribution in [1.29, 1.82) is 0 Å². The summed E-state index contributed by atoms with van der Waals surface area (Å²) >= 11 is 4.61. The van der Waals surface area contributed by atoms with Crippen LogP contribution in [0, 0.1) is 6.92 Å². The molecule has 1 aliphatic carbocycles. The molecular weight excluding hydrogens is 1030 g/mol. The number of isothiocyanates is 1. The maximum Gasteiger partial charge on any atom is 0.336 e. The van der Waals surface area contributed by atoms with Gasteiger partial charge in [-0.2, -0.15) is 9.57 Å². The number of ether oxygens (including phenoxy) is 1. The van der Waals surface area contributed by atoms with Crippen LogP contribution in [0.5, 0.6) is 0 Å². The van der Waals surface area contributed by atoms with E-state index in [1.807, 2.05) is 25.1 Å². The summed E-state index contributed by atoms with van der Waals surface area (Å²) in [5.41, 5.74) is 10.7. The zero-order chi connectivity index (χ0) is 53.3. The van der Waals surface area contributed by atoms with Crippen molar-refractivity contribution < 1.29 is 33.2 Å². The third kappa shape index (κ3) is 10.9. The van der Waals surface area contributed by atoms with E-state index >= 15 is 0 Å². The molecule has 6 aromatic carbocycles. The van der Waals surface area contributed by atoms with Crippen LogP contribution in [0.2, 0.25) is 0 Å². The van der Waals surface area contributed by atoms with Crippen molar-refractivity contribution in [3.63, 3.8) is 0 Å². The van der Waals surface area contributed by atoms with Crippen molar-refractivity contribution in [2.75, 3.05) is 24.6 Å². The molecule has 13 heteroatoms. The average molecular weight is 1090 g/mol. The monoisotopic (exact) mass is 1090 g/mol. The van der Waals surface area contributed by atoms with Crippen LogP contribution in [-0.4, -0.2) is 63.1 Å². The summed E-state index contributed by atoms with van der Waals surface area (Å²) in [5.74, 6) is -0.337. The van der Waals surface area contributed by atoms with Crippen molar-refractivity contribution in [1.82, 2.24) is 0 Å². The molecule has 0 radical (unpaired) electrons. The van der Waals surface area contributed by atoms with Crippen LogP contribution in [-0.2, 0) is 25.2 Å². The first-order valence-corrected chi connectivity index (χ1v) is 27.7. The van der Waals surface area contributed by atoms with Crippen molar-refractivity contribution in [2.24, 2.45) is 4.99 Å². The van der Waals surface area contributed by atoms with E-state index in [9.17, 15) is 24.3 Å². The van der Waals surface area contributed by atoms with E-state index in [2.05, 4.69) is 163 Å². The maximum atomic E-state index is 12.5. The summed E-state index contributed by atoms with van der Waals surface area (Å²) in [4.78, 5) is 53.5. The number of hydrogen-bond donors (Lipinski definition) is 1. The third-order valence-electron chi connectivity index (χ3n) is 14.5. The van der Waals surface area contributed by atoms with Crippen LogP contribution in [0.15, 0.2) is 178 Å². The molecule has 0 aromatic heterocycles. The molecule has 0 bridgehead atoms. The fourth-order valence-corrected chi connectivity index (χ4v) is 12.5. The Bertz CT molecular complexity index is 3880. The summed E-state index contributed by atoms with van der Waals surface area (Å²) in [7, 11) is 3.35. The molecule has 0 unspecified atom stereocenters. The van der Waals surface area contributed by atoms with Crippen LogP contribution in [0.4, 0.5) is 17.1 Å². The van der Waals surface area contributed by atoms with Gasteiger partial charge >= 0.3 is 5.97 Å². The highest BCUT2D eigenvalue weighted by Crippen LogP contribution is 2.54. The molecule has 1 N–H and O–H groups in total. The Balaban J connectivity index is 0.000000229. The number of thiocarbonyl (C=S) groups is 1. The Morgan fingerprint density at radius 2 is 1.53 bits per heavy atom. The number of benzene rings is 7. The molecule has 10 nitrogen and oxygen atoms in total. The third-order valence-corrected chi connectivity index (χ3v) is 16.7. The van der Waals surface area contributed by atoms with E-state index < -0.39 is 5.97 Å². The lowest BCUT2D eigenvalue weighted by molar-refractivity contribution is -0.438. The van der Waals surface area contributed by atoms with Gasteiger partial charge in [-0.25, -0.2) is 4.79 Å². The number of aryl methyl sites for hydroxylation is 1. The highest BCUT2D eigenvalue weighted by Gasteiger charge is 2.46. The molecule has 11 rings (SSSR count). The number of carboxylic acid groups (broad SMARTS) is 1. The fourth-order valence-electron chi connectivity index (χ4n) is 11.1. The number of hydrogen-bond acceptors (Lipinski definition) is 11. The van der Waals surface area contributed by atoms with Gasteiger partial charge in [-0.15, -0.1) is 0 Å². The van der Waals surface area contributed by atoms with E-state index in [1.165, 1.54) is 68.0 Å². The van der Waals surface area contributed by atoms with Crippen LogP contribution in [0.25, 0.3) is 55.0 Å². The van der Waals surface area contributed by atoms with Gasteiger partial charge in [-0.1, -0.05) is 141 Å². The van der Waals surface area contributed by atoms with E-state index in [0.717, 1.165) is 29.6 Å². The molecule has 0 atom stereocenters. The van der Waals surface area contributed by atoms with Gasteiger partial charge in [-0.05, 0) is 120 Å². The quantitative estimate of drug-likeness (QED) is 0.0121.